The second-order valence-corrected chi connectivity index (χ2v) is 6.11. The van der Waals surface area contributed by atoms with Crippen molar-refractivity contribution in [3.05, 3.63) is 63.5 Å². The molecule has 0 saturated carbocycles. The van der Waals surface area contributed by atoms with E-state index in [1.807, 2.05) is 13.0 Å². The number of aromatic amines is 1. The number of fused-ring (bicyclic) bond motifs is 1. The maximum Gasteiger partial charge on any atom is 0.411 e. The highest BCUT2D eigenvalue weighted by molar-refractivity contribution is 6.31. The highest BCUT2D eigenvalue weighted by Crippen LogP contribution is 2.21. The lowest BCUT2D eigenvalue weighted by molar-refractivity contribution is 0.187. The number of ether oxygens (including phenoxy) is 1. The molecule has 1 amide bonds. The molecular weight excluding hydrogens is 356 g/mol. The zero-order chi connectivity index (χ0) is 18.7. The Kier molecular flexibility index (Phi) is 5.09. The summed E-state index contributed by atoms with van der Waals surface area (Å²) in [6.07, 6.45) is -0.556. The smallest absolute Gasteiger partial charge is 0.411 e. The molecule has 3 N–H and O–H groups in total. The number of amides is 1. The number of methoxy groups -OCH3 is 1. The van der Waals surface area contributed by atoms with Gasteiger partial charge in [-0.25, -0.2) is 9.78 Å². The van der Waals surface area contributed by atoms with Gasteiger partial charge in [-0.05, 0) is 43.3 Å². The monoisotopic (exact) mass is 372 g/mol. The van der Waals surface area contributed by atoms with E-state index in [0.717, 1.165) is 5.69 Å². The number of anilines is 2. The van der Waals surface area contributed by atoms with Gasteiger partial charge >= 0.3 is 6.09 Å². The number of H-pyrrole nitrogens is 1. The molecule has 0 aliphatic rings. The van der Waals surface area contributed by atoms with Crippen LogP contribution in [0.2, 0.25) is 5.02 Å². The molecule has 2 aromatic carbocycles. The number of aromatic nitrogens is 2. The Morgan fingerprint density at radius 3 is 2.77 bits per heavy atom. The van der Waals surface area contributed by atoms with E-state index < -0.39 is 6.09 Å². The van der Waals surface area contributed by atoms with E-state index in [1.54, 1.807) is 36.4 Å². The minimum Gasteiger partial charge on any atom is -0.453 e. The number of carbonyl (C=O) groups is 1. The predicted molar refractivity (Wildman–Crippen MR) is 102 cm³/mol. The van der Waals surface area contributed by atoms with Crippen LogP contribution in [0.3, 0.4) is 0 Å². The molecule has 0 radical (unpaired) electrons. The molecule has 0 aliphatic carbocycles. The van der Waals surface area contributed by atoms with Crippen LogP contribution in [0.5, 0.6) is 0 Å². The number of carbonyl (C=O) groups excluding carboxylic acids is 1. The molecule has 1 heterocycles. The molecule has 3 aromatic rings. The molecule has 0 aliphatic heterocycles. The van der Waals surface area contributed by atoms with E-state index in [-0.39, 0.29) is 11.6 Å². The molecular formula is C18H17ClN4O3. The third-order valence-corrected chi connectivity index (χ3v) is 4.00. The van der Waals surface area contributed by atoms with Crippen molar-refractivity contribution in [1.82, 2.24) is 9.97 Å². The van der Waals surface area contributed by atoms with E-state index in [0.29, 0.717) is 27.4 Å². The maximum atomic E-state index is 12.3. The fraction of sp³-hybridized carbons (Fsp3) is 0.167. The van der Waals surface area contributed by atoms with Gasteiger partial charge in [0, 0.05) is 16.4 Å². The SMILES string of the molecule is COC(=O)Nc1cccc(N[C@@H](C)c2nc3cc(Cl)ccc3[nH]c2=O)c1. The highest BCUT2D eigenvalue weighted by atomic mass is 35.5. The second-order valence-electron chi connectivity index (χ2n) is 5.68. The Morgan fingerprint density at radius 2 is 2.00 bits per heavy atom. The van der Waals surface area contributed by atoms with E-state index in [2.05, 4.69) is 25.3 Å². The van der Waals surface area contributed by atoms with Crippen LogP contribution in [0.15, 0.2) is 47.3 Å². The lowest BCUT2D eigenvalue weighted by Gasteiger charge is -2.15. The summed E-state index contributed by atoms with van der Waals surface area (Å²) in [7, 11) is 1.30. The summed E-state index contributed by atoms with van der Waals surface area (Å²) in [5.41, 5.74) is 2.59. The molecule has 3 rings (SSSR count). The average molecular weight is 373 g/mol. The summed E-state index contributed by atoms with van der Waals surface area (Å²) in [5.74, 6) is 0. The molecule has 26 heavy (non-hydrogen) atoms. The number of nitrogens with zero attached hydrogens (tertiary/aromatic N) is 1. The van der Waals surface area contributed by atoms with Crippen LogP contribution in [0.25, 0.3) is 11.0 Å². The van der Waals surface area contributed by atoms with Crippen LogP contribution >= 0.6 is 11.6 Å². The van der Waals surface area contributed by atoms with Crippen LogP contribution in [-0.2, 0) is 4.74 Å². The van der Waals surface area contributed by atoms with Crippen LogP contribution in [0, 0.1) is 0 Å². The fourth-order valence-electron chi connectivity index (χ4n) is 2.54. The van der Waals surface area contributed by atoms with Gasteiger partial charge in [0.25, 0.3) is 5.56 Å². The minimum absolute atomic E-state index is 0.274. The topological polar surface area (TPSA) is 96.1 Å². The number of benzene rings is 2. The van der Waals surface area contributed by atoms with Crippen molar-refractivity contribution in [2.75, 3.05) is 17.7 Å². The van der Waals surface area contributed by atoms with E-state index >= 15 is 0 Å². The van der Waals surface area contributed by atoms with Crippen LogP contribution in [0.1, 0.15) is 18.7 Å². The molecule has 1 aromatic heterocycles. The number of halogens is 1. The molecule has 7 nitrogen and oxygen atoms in total. The lowest BCUT2D eigenvalue weighted by atomic mass is 10.2. The van der Waals surface area contributed by atoms with Gasteiger partial charge in [0.2, 0.25) is 0 Å². The first-order valence-corrected chi connectivity index (χ1v) is 8.25. The molecule has 8 heteroatoms. The fourth-order valence-corrected chi connectivity index (χ4v) is 2.70. The summed E-state index contributed by atoms with van der Waals surface area (Å²) < 4.78 is 4.57. The lowest BCUT2D eigenvalue weighted by Crippen LogP contribution is -2.21. The molecule has 0 bridgehead atoms. The Hall–Kier alpha value is -3.06. The Labute approximate surface area is 154 Å². The van der Waals surface area contributed by atoms with Gasteiger partial charge in [0.1, 0.15) is 5.69 Å². The van der Waals surface area contributed by atoms with Gasteiger partial charge in [-0.2, -0.15) is 0 Å². The molecule has 0 fully saturated rings. The minimum atomic E-state index is -0.556. The normalized spacial score (nSPS) is 11.8. The highest BCUT2D eigenvalue weighted by Gasteiger charge is 2.14. The summed E-state index contributed by atoms with van der Waals surface area (Å²) in [4.78, 5) is 30.9. The number of hydrogen-bond acceptors (Lipinski definition) is 5. The second kappa shape index (κ2) is 7.45. The van der Waals surface area contributed by atoms with Gasteiger partial charge in [-0.3, -0.25) is 10.1 Å². The zero-order valence-corrected chi connectivity index (χ0v) is 14.9. The summed E-state index contributed by atoms with van der Waals surface area (Å²) in [5, 5.41) is 6.34. The third kappa shape index (κ3) is 3.94. The van der Waals surface area contributed by atoms with Gasteiger partial charge in [0.15, 0.2) is 0 Å². The number of hydrogen-bond donors (Lipinski definition) is 3. The summed E-state index contributed by atoms with van der Waals surface area (Å²) >= 11 is 6.00. The standard InChI is InChI=1S/C18H17ClN4O3/c1-10(20-12-4-3-5-13(9-12)21-18(25)26-2)16-17(24)23-14-7-6-11(19)8-15(14)22-16/h3-10,20H,1-2H3,(H,21,25)(H,23,24)/t10-/m0/s1. The Bertz CT molecular complexity index is 1020. The first-order valence-electron chi connectivity index (χ1n) is 7.87. The largest absolute Gasteiger partial charge is 0.453 e. The van der Waals surface area contributed by atoms with E-state index in [9.17, 15) is 9.59 Å². The number of rotatable bonds is 4. The summed E-state index contributed by atoms with van der Waals surface area (Å²) in [6.45, 7) is 1.83. The summed E-state index contributed by atoms with van der Waals surface area (Å²) in [6, 6.07) is 11.8. The van der Waals surface area contributed by atoms with Crippen LogP contribution < -0.4 is 16.2 Å². The molecule has 134 valence electrons. The molecule has 1 atom stereocenters. The van der Waals surface area contributed by atoms with Crippen molar-refractivity contribution >= 4 is 40.1 Å². The quantitative estimate of drug-likeness (QED) is 0.644. The van der Waals surface area contributed by atoms with Crippen LogP contribution in [-0.4, -0.2) is 23.2 Å². The van der Waals surface area contributed by atoms with Crippen molar-refractivity contribution in [2.45, 2.75) is 13.0 Å². The Balaban J connectivity index is 1.86. The van der Waals surface area contributed by atoms with Crippen molar-refractivity contribution < 1.29 is 9.53 Å². The zero-order valence-electron chi connectivity index (χ0n) is 14.2. The third-order valence-electron chi connectivity index (χ3n) is 3.77. The van der Waals surface area contributed by atoms with Gasteiger partial charge in [-0.15, -0.1) is 0 Å². The van der Waals surface area contributed by atoms with Crippen molar-refractivity contribution in [1.29, 1.82) is 0 Å². The first kappa shape index (κ1) is 17.8. The van der Waals surface area contributed by atoms with Crippen molar-refractivity contribution in [3.8, 4) is 0 Å². The van der Waals surface area contributed by atoms with Crippen LogP contribution in [0.4, 0.5) is 16.2 Å². The molecule has 0 saturated heterocycles. The van der Waals surface area contributed by atoms with E-state index in [1.165, 1.54) is 7.11 Å². The first-order chi connectivity index (χ1) is 12.5. The maximum absolute atomic E-state index is 12.3. The van der Waals surface area contributed by atoms with E-state index in [4.69, 9.17) is 11.6 Å². The number of nitrogens with one attached hydrogen (secondary N) is 3. The van der Waals surface area contributed by atoms with Gasteiger partial charge in [0.05, 0.1) is 24.2 Å². The predicted octanol–water partition coefficient (Wildman–Crippen LogP) is 3.93. The van der Waals surface area contributed by atoms with Gasteiger partial charge in [-0.1, -0.05) is 17.7 Å². The average Bonchev–Trinajstić information content (AvgIpc) is 2.61. The van der Waals surface area contributed by atoms with Gasteiger partial charge < -0.3 is 15.0 Å². The van der Waals surface area contributed by atoms with Crippen molar-refractivity contribution in [3.63, 3.8) is 0 Å². The Morgan fingerprint density at radius 1 is 1.23 bits per heavy atom. The molecule has 0 spiro atoms. The molecule has 0 unspecified atom stereocenters. The van der Waals surface area contributed by atoms with Crippen molar-refractivity contribution in [2.24, 2.45) is 0 Å².